The van der Waals surface area contributed by atoms with Crippen molar-refractivity contribution in [1.29, 1.82) is 0 Å². The number of fused-ring (bicyclic) bond motifs is 2. The number of ketones is 1. The van der Waals surface area contributed by atoms with Gasteiger partial charge >= 0.3 is 0 Å². The monoisotopic (exact) mass is 770 g/mol. The van der Waals surface area contributed by atoms with Gasteiger partial charge in [-0.1, -0.05) is 111 Å². The van der Waals surface area contributed by atoms with Gasteiger partial charge in [-0.15, -0.1) is 0 Å². The van der Waals surface area contributed by atoms with Crippen molar-refractivity contribution in [2.45, 2.75) is 76.3 Å². The highest BCUT2D eigenvalue weighted by atomic mass is 16.1. The van der Waals surface area contributed by atoms with Gasteiger partial charge in [-0.25, -0.2) is 19.9 Å². The van der Waals surface area contributed by atoms with Crippen molar-refractivity contribution in [3.05, 3.63) is 108 Å². The molecule has 0 amide bonds. The number of piperazine rings is 2. The van der Waals surface area contributed by atoms with Crippen LogP contribution in [0.5, 0.6) is 0 Å². The average Bonchev–Trinajstić information content (AvgIpc) is 3.31. The third-order valence-corrected chi connectivity index (χ3v) is 13.5. The van der Waals surface area contributed by atoms with Gasteiger partial charge < -0.3 is 20.4 Å². The second kappa shape index (κ2) is 16.5. The summed E-state index contributed by atoms with van der Waals surface area (Å²) in [7, 11) is 0. The standard InChI is InChI=1S/C49H54N8O/c58-47(45-43-37(52-48(54-45)35-19-9-3-10-20-35)23-13-25-39(43)56-29-27-50-31-41(56)33-15-5-1-6-16-33)46-44-38(53-49(55-46)36-21-11-4-12-22-36)24-14-26-40(44)57-30-28-51-32-42(57)34-17-7-2-8-18-34/h3-4,9-14,19-26,33-34,41-42,50-51H,1-2,5-8,15-18,27-32H2. The van der Waals surface area contributed by atoms with E-state index in [1.807, 2.05) is 60.7 Å². The summed E-state index contributed by atoms with van der Waals surface area (Å²) in [5.41, 5.74) is 6.18. The van der Waals surface area contributed by atoms with Crippen LogP contribution in [0, 0.1) is 11.8 Å². The second-order valence-electron chi connectivity index (χ2n) is 16.9. The van der Waals surface area contributed by atoms with Crippen molar-refractivity contribution < 1.29 is 4.79 Å². The summed E-state index contributed by atoms with van der Waals surface area (Å²) in [4.78, 5) is 42.2. The molecule has 2 saturated carbocycles. The molecule has 0 bridgehead atoms. The summed E-state index contributed by atoms with van der Waals surface area (Å²) in [5.74, 6) is 2.08. The normalized spacial score (nSPS) is 21.1. The molecule has 0 spiro atoms. The fraction of sp³-hybridized carbons (Fsp3) is 0.408. The van der Waals surface area contributed by atoms with Crippen LogP contribution in [-0.2, 0) is 0 Å². The number of hydrogen-bond donors (Lipinski definition) is 2. The zero-order valence-electron chi connectivity index (χ0n) is 33.5. The van der Waals surface area contributed by atoms with E-state index in [1.165, 1.54) is 64.2 Å². The Balaban J connectivity index is 1.20. The number of carbonyl (C=O) groups excluding carboxylic acids is 1. The lowest BCUT2D eigenvalue weighted by atomic mass is 9.82. The summed E-state index contributed by atoms with van der Waals surface area (Å²) in [6.07, 6.45) is 12.7. The molecule has 2 aliphatic carbocycles. The third kappa shape index (κ3) is 7.13. The zero-order valence-corrected chi connectivity index (χ0v) is 33.5. The number of nitrogens with one attached hydrogen (secondary N) is 2. The first kappa shape index (κ1) is 37.0. The van der Waals surface area contributed by atoms with E-state index in [-0.39, 0.29) is 5.78 Å². The molecule has 2 atom stereocenters. The fourth-order valence-electron chi connectivity index (χ4n) is 10.6. The molecule has 4 heterocycles. The number of nitrogens with zero attached hydrogens (tertiary/aromatic N) is 6. The van der Waals surface area contributed by atoms with Crippen LogP contribution in [0.25, 0.3) is 44.6 Å². The molecule has 296 valence electrons. The largest absolute Gasteiger partial charge is 0.365 e. The lowest BCUT2D eigenvalue weighted by Crippen LogP contribution is -2.55. The number of carbonyl (C=O) groups is 1. The Bertz CT molecular complexity index is 2230. The van der Waals surface area contributed by atoms with Gasteiger partial charge in [-0.3, -0.25) is 4.79 Å². The summed E-state index contributed by atoms with van der Waals surface area (Å²) < 4.78 is 0. The van der Waals surface area contributed by atoms with Crippen LogP contribution in [0.1, 0.15) is 80.4 Å². The lowest BCUT2D eigenvalue weighted by Gasteiger charge is -2.44. The lowest BCUT2D eigenvalue weighted by molar-refractivity contribution is 0.103. The Hall–Kier alpha value is -5.25. The predicted octanol–water partition coefficient (Wildman–Crippen LogP) is 8.86. The predicted molar refractivity (Wildman–Crippen MR) is 235 cm³/mol. The van der Waals surface area contributed by atoms with Gasteiger partial charge in [0.05, 0.1) is 21.8 Å². The maximum Gasteiger partial charge on any atom is 0.231 e. The summed E-state index contributed by atoms with van der Waals surface area (Å²) >= 11 is 0. The van der Waals surface area contributed by atoms with Crippen LogP contribution in [0.15, 0.2) is 97.1 Å². The first-order valence-corrected chi connectivity index (χ1v) is 21.9. The first-order chi connectivity index (χ1) is 28.7. The van der Waals surface area contributed by atoms with E-state index in [1.54, 1.807) is 0 Å². The van der Waals surface area contributed by atoms with Gasteiger partial charge in [0.1, 0.15) is 11.4 Å². The van der Waals surface area contributed by atoms with Gasteiger partial charge in [0, 0.05) is 73.9 Å². The van der Waals surface area contributed by atoms with Crippen molar-refractivity contribution in [2.75, 3.05) is 49.1 Å². The molecule has 2 aromatic heterocycles. The van der Waals surface area contributed by atoms with Gasteiger partial charge in [0.15, 0.2) is 11.6 Å². The smallest absolute Gasteiger partial charge is 0.231 e. The molecule has 2 saturated heterocycles. The molecule has 4 fully saturated rings. The maximum absolute atomic E-state index is 16.0. The number of anilines is 2. The first-order valence-electron chi connectivity index (χ1n) is 21.9. The Morgan fingerprint density at radius 1 is 0.500 bits per heavy atom. The van der Waals surface area contributed by atoms with E-state index in [0.717, 1.165) is 83.6 Å². The molecule has 9 nitrogen and oxygen atoms in total. The fourth-order valence-corrected chi connectivity index (χ4v) is 10.6. The van der Waals surface area contributed by atoms with Gasteiger partial charge in [-0.05, 0) is 61.8 Å². The molecule has 2 unspecified atom stereocenters. The summed E-state index contributed by atoms with van der Waals surface area (Å²) in [6.45, 7) is 5.36. The highest BCUT2D eigenvalue weighted by Crippen LogP contribution is 2.40. The van der Waals surface area contributed by atoms with E-state index in [4.69, 9.17) is 19.9 Å². The average molecular weight is 771 g/mol. The van der Waals surface area contributed by atoms with E-state index >= 15 is 4.79 Å². The summed E-state index contributed by atoms with van der Waals surface area (Å²) in [5, 5.41) is 9.04. The number of aromatic nitrogens is 4. The molecule has 6 aromatic rings. The van der Waals surface area contributed by atoms with Crippen molar-refractivity contribution in [3.8, 4) is 22.8 Å². The minimum Gasteiger partial charge on any atom is -0.365 e. The van der Waals surface area contributed by atoms with E-state index in [2.05, 4.69) is 56.8 Å². The van der Waals surface area contributed by atoms with Crippen molar-refractivity contribution in [1.82, 2.24) is 30.6 Å². The molecule has 4 aliphatic rings. The number of benzene rings is 4. The maximum atomic E-state index is 16.0. The van der Waals surface area contributed by atoms with Crippen LogP contribution >= 0.6 is 0 Å². The topological polar surface area (TPSA) is 99.2 Å². The molecular formula is C49H54N8O. The van der Waals surface area contributed by atoms with Gasteiger partial charge in [0.25, 0.3) is 0 Å². The van der Waals surface area contributed by atoms with Crippen LogP contribution < -0.4 is 20.4 Å². The quantitative estimate of drug-likeness (QED) is 0.147. The molecule has 58 heavy (non-hydrogen) atoms. The van der Waals surface area contributed by atoms with Crippen LogP contribution in [0.4, 0.5) is 11.4 Å². The number of hydrogen-bond acceptors (Lipinski definition) is 9. The second-order valence-corrected chi connectivity index (χ2v) is 16.9. The molecule has 2 N–H and O–H groups in total. The third-order valence-electron chi connectivity index (χ3n) is 13.5. The van der Waals surface area contributed by atoms with Crippen molar-refractivity contribution >= 4 is 39.0 Å². The minimum atomic E-state index is -0.192. The Morgan fingerprint density at radius 3 is 1.36 bits per heavy atom. The highest BCUT2D eigenvalue weighted by molar-refractivity contribution is 6.22. The molecule has 2 aliphatic heterocycles. The molecule has 10 rings (SSSR count). The zero-order chi connectivity index (χ0) is 38.8. The van der Waals surface area contributed by atoms with Gasteiger partial charge in [-0.2, -0.15) is 0 Å². The molecular weight excluding hydrogens is 717 g/mol. The Morgan fingerprint density at radius 2 is 0.931 bits per heavy atom. The minimum absolute atomic E-state index is 0.192. The Labute approximate surface area is 341 Å². The molecule has 0 radical (unpaired) electrons. The van der Waals surface area contributed by atoms with Crippen LogP contribution in [0.2, 0.25) is 0 Å². The van der Waals surface area contributed by atoms with E-state index < -0.39 is 0 Å². The van der Waals surface area contributed by atoms with E-state index in [0.29, 0.717) is 47.0 Å². The number of rotatable bonds is 8. The van der Waals surface area contributed by atoms with Crippen molar-refractivity contribution in [2.24, 2.45) is 11.8 Å². The molecule has 4 aromatic carbocycles. The van der Waals surface area contributed by atoms with Crippen LogP contribution in [0.3, 0.4) is 0 Å². The summed E-state index contributed by atoms with van der Waals surface area (Å²) in [6, 6.07) is 33.5. The van der Waals surface area contributed by atoms with Crippen molar-refractivity contribution in [3.63, 3.8) is 0 Å². The highest BCUT2D eigenvalue weighted by Gasteiger charge is 2.36. The Kier molecular flexibility index (Phi) is 10.6. The van der Waals surface area contributed by atoms with Crippen LogP contribution in [-0.4, -0.2) is 77.1 Å². The van der Waals surface area contributed by atoms with Gasteiger partial charge in [0.2, 0.25) is 5.78 Å². The SMILES string of the molecule is O=C(c1nc(-c2ccccc2)nc2cccc(N3CCNCC3C3CCCCC3)c12)c1nc(-c2ccccc2)nc2cccc(N3CCNCC3C3CCCCC3)c12. The molecule has 9 heteroatoms. The van der Waals surface area contributed by atoms with E-state index in [9.17, 15) is 0 Å².